The van der Waals surface area contributed by atoms with Gasteiger partial charge in [-0.25, -0.2) is 14.6 Å². The number of methoxy groups -OCH3 is 1. The fourth-order valence-electron chi connectivity index (χ4n) is 3.18. The highest BCUT2D eigenvalue weighted by Gasteiger charge is 2.23. The van der Waals surface area contributed by atoms with Crippen LogP contribution in [0.2, 0.25) is 0 Å². The lowest BCUT2D eigenvalue weighted by Gasteiger charge is -2.17. The SMILES string of the molecule is COC(=O)[C@@H](NC(=O)Nc1ccc(-c2nc(-c3ccccc3)co2)cc1)c1ccccc1. The van der Waals surface area contributed by atoms with Crippen LogP contribution >= 0.6 is 0 Å². The van der Waals surface area contributed by atoms with Crippen molar-refractivity contribution in [3.8, 4) is 22.7 Å². The first-order chi connectivity index (χ1) is 15.6. The minimum atomic E-state index is -0.913. The molecule has 2 amide bonds. The molecular weight excluding hydrogens is 406 g/mol. The summed E-state index contributed by atoms with van der Waals surface area (Å²) in [7, 11) is 1.28. The molecule has 7 nitrogen and oxygen atoms in total. The summed E-state index contributed by atoms with van der Waals surface area (Å²) in [5.41, 5.74) is 3.67. The number of ether oxygens (including phenoxy) is 1. The number of anilines is 1. The van der Waals surface area contributed by atoms with Crippen molar-refractivity contribution < 1.29 is 18.7 Å². The second kappa shape index (κ2) is 9.61. The van der Waals surface area contributed by atoms with Crippen molar-refractivity contribution in [3.05, 3.63) is 96.8 Å². The number of urea groups is 1. The first-order valence-electron chi connectivity index (χ1n) is 9.96. The van der Waals surface area contributed by atoms with E-state index in [1.807, 2.05) is 36.4 Å². The van der Waals surface area contributed by atoms with Gasteiger partial charge in [-0.15, -0.1) is 0 Å². The van der Waals surface area contributed by atoms with E-state index in [0.29, 0.717) is 17.1 Å². The Bertz CT molecular complexity index is 1190. The zero-order valence-corrected chi connectivity index (χ0v) is 17.3. The zero-order chi connectivity index (χ0) is 22.3. The highest BCUT2D eigenvalue weighted by Crippen LogP contribution is 2.25. The highest BCUT2D eigenvalue weighted by molar-refractivity contribution is 5.93. The lowest BCUT2D eigenvalue weighted by atomic mass is 10.1. The third-order valence-corrected chi connectivity index (χ3v) is 4.81. The smallest absolute Gasteiger partial charge is 0.333 e. The lowest BCUT2D eigenvalue weighted by molar-refractivity contribution is -0.143. The van der Waals surface area contributed by atoms with Crippen LogP contribution in [0.5, 0.6) is 0 Å². The quantitative estimate of drug-likeness (QED) is 0.420. The minimum absolute atomic E-state index is 0.481. The van der Waals surface area contributed by atoms with Crippen molar-refractivity contribution in [2.45, 2.75) is 6.04 Å². The number of nitrogens with one attached hydrogen (secondary N) is 2. The Hall–Kier alpha value is -4.39. The number of rotatable bonds is 6. The molecule has 1 heterocycles. The molecule has 0 saturated carbocycles. The van der Waals surface area contributed by atoms with Crippen LogP contribution in [-0.2, 0) is 9.53 Å². The molecule has 0 aliphatic carbocycles. The Kier molecular flexibility index (Phi) is 6.27. The topological polar surface area (TPSA) is 93.5 Å². The molecule has 4 rings (SSSR count). The summed E-state index contributed by atoms with van der Waals surface area (Å²) >= 11 is 0. The van der Waals surface area contributed by atoms with E-state index in [9.17, 15) is 9.59 Å². The molecule has 0 unspecified atom stereocenters. The number of benzene rings is 3. The van der Waals surface area contributed by atoms with E-state index in [1.54, 1.807) is 54.8 Å². The average Bonchev–Trinajstić information content (AvgIpc) is 3.34. The number of oxazole rings is 1. The van der Waals surface area contributed by atoms with Gasteiger partial charge in [0.1, 0.15) is 12.0 Å². The highest BCUT2D eigenvalue weighted by atomic mass is 16.5. The third kappa shape index (κ3) is 4.84. The van der Waals surface area contributed by atoms with Gasteiger partial charge in [0.05, 0.1) is 7.11 Å². The molecule has 0 aliphatic heterocycles. The summed E-state index contributed by atoms with van der Waals surface area (Å²) in [4.78, 5) is 29.1. The van der Waals surface area contributed by atoms with E-state index in [-0.39, 0.29) is 0 Å². The van der Waals surface area contributed by atoms with Gasteiger partial charge in [-0.1, -0.05) is 60.7 Å². The molecule has 0 saturated heterocycles. The van der Waals surface area contributed by atoms with Gasteiger partial charge in [0.2, 0.25) is 5.89 Å². The molecule has 0 fully saturated rings. The number of nitrogens with zero attached hydrogens (tertiary/aromatic N) is 1. The van der Waals surface area contributed by atoms with Crippen LogP contribution < -0.4 is 10.6 Å². The van der Waals surface area contributed by atoms with Crippen LogP contribution in [0.3, 0.4) is 0 Å². The second-order valence-corrected chi connectivity index (χ2v) is 6.95. The monoisotopic (exact) mass is 427 g/mol. The van der Waals surface area contributed by atoms with E-state index in [2.05, 4.69) is 15.6 Å². The number of aromatic nitrogens is 1. The Morgan fingerprint density at radius 3 is 2.19 bits per heavy atom. The van der Waals surface area contributed by atoms with Crippen LogP contribution in [0.1, 0.15) is 11.6 Å². The van der Waals surface area contributed by atoms with Crippen LogP contribution in [0.15, 0.2) is 95.6 Å². The summed E-state index contributed by atoms with van der Waals surface area (Å²) in [5.74, 6) is -0.0745. The molecule has 160 valence electrons. The molecule has 32 heavy (non-hydrogen) atoms. The standard InChI is InChI=1S/C25H21N3O4/c1-31-24(29)22(18-10-6-3-7-11-18)28-25(30)26-20-14-12-19(13-15-20)23-27-21(16-32-23)17-8-4-2-5-9-17/h2-16,22H,1H3,(H2,26,28,30)/t22-/m0/s1. The van der Waals surface area contributed by atoms with Crippen molar-refractivity contribution in [2.24, 2.45) is 0 Å². The van der Waals surface area contributed by atoms with Crippen molar-refractivity contribution in [2.75, 3.05) is 12.4 Å². The Balaban J connectivity index is 1.43. The molecule has 0 aliphatic rings. The molecule has 0 spiro atoms. The summed E-state index contributed by atoms with van der Waals surface area (Å²) in [6.07, 6.45) is 1.61. The van der Waals surface area contributed by atoms with Gasteiger partial charge < -0.3 is 19.8 Å². The first kappa shape index (κ1) is 20.9. The summed E-state index contributed by atoms with van der Waals surface area (Å²) in [6.45, 7) is 0. The number of hydrogen-bond acceptors (Lipinski definition) is 5. The van der Waals surface area contributed by atoms with Crippen molar-refractivity contribution in [1.82, 2.24) is 10.3 Å². The van der Waals surface area contributed by atoms with Crippen molar-refractivity contribution in [1.29, 1.82) is 0 Å². The molecule has 3 aromatic carbocycles. The fraction of sp³-hybridized carbons (Fsp3) is 0.0800. The molecule has 0 bridgehead atoms. The van der Waals surface area contributed by atoms with Crippen LogP contribution in [0.4, 0.5) is 10.5 Å². The summed E-state index contributed by atoms with van der Waals surface area (Å²) in [5, 5.41) is 5.37. The maximum atomic E-state index is 12.5. The second-order valence-electron chi connectivity index (χ2n) is 6.95. The van der Waals surface area contributed by atoms with E-state index in [0.717, 1.165) is 16.8 Å². The van der Waals surface area contributed by atoms with Gasteiger partial charge in [0.15, 0.2) is 6.04 Å². The summed E-state index contributed by atoms with van der Waals surface area (Å²) in [6, 6.07) is 24.3. The van der Waals surface area contributed by atoms with Gasteiger partial charge >= 0.3 is 12.0 Å². The normalized spacial score (nSPS) is 11.4. The number of carbonyl (C=O) groups excluding carboxylic acids is 2. The third-order valence-electron chi connectivity index (χ3n) is 4.81. The summed E-state index contributed by atoms with van der Waals surface area (Å²) < 4.78 is 10.4. The number of esters is 1. The lowest BCUT2D eigenvalue weighted by Crippen LogP contribution is -2.37. The number of hydrogen-bond donors (Lipinski definition) is 2. The van der Waals surface area contributed by atoms with Gasteiger partial charge in [-0.05, 0) is 29.8 Å². The molecule has 2 N–H and O–H groups in total. The van der Waals surface area contributed by atoms with Gasteiger partial charge in [-0.2, -0.15) is 0 Å². The average molecular weight is 427 g/mol. The molecule has 4 aromatic rings. The number of amides is 2. The van der Waals surface area contributed by atoms with Gasteiger partial charge in [0.25, 0.3) is 0 Å². The zero-order valence-electron chi connectivity index (χ0n) is 17.3. The fourth-order valence-corrected chi connectivity index (χ4v) is 3.18. The van der Waals surface area contributed by atoms with Crippen molar-refractivity contribution >= 4 is 17.7 Å². The Morgan fingerprint density at radius 1 is 0.875 bits per heavy atom. The van der Waals surface area contributed by atoms with Crippen molar-refractivity contribution in [3.63, 3.8) is 0 Å². The van der Waals surface area contributed by atoms with Gasteiger partial charge in [0, 0.05) is 16.8 Å². The van der Waals surface area contributed by atoms with Crippen LogP contribution in [-0.4, -0.2) is 24.1 Å². The Labute approximate surface area is 185 Å². The molecule has 1 aromatic heterocycles. The Morgan fingerprint density at radius 2 is 1.53 bits per heavy atom. The molecule has 7 heteroatoms. The maximum absolute atomic E-state index is 12.5. The molecule has 1 atom stereocenters. The van der Waals surface area contributed by atoms with Crippen LogP contribution in [0.25, 0.3) is 22.7 Å². The van der Waals surface area contributed by atoms with E-state index in [1.165, 1.54) is 7.11 Å². The van der Waals surface area contributed by atoms with Gasteiger partial charge in [-0.3, -0.25) is 0 Å². The van der Waals surface area contributed by atoms with Crippen LogP contribution in [0, 0.1) is 0 Å². The maximum Gasteiger partial charge on any atom is 0.333 e. The number of carbonyl (C=O) groups is 2. The molecular formula is C25H21N3O4. The largest absolute Gasteiger partial charge is 0.467 e. The van der Waals surface area contributed by atoms with E-state index < -0.39 is 18.0 Å². The predicted molar refractivity (Wildman–Crippen MR) is 121 cm³/mol. The molecule has 0 radical (unpaired) electrons. The first-order valence-corrected chi connectivity index (χ1v) is 9.96. The van der Waals surface area contributed by atoms with E-state index >= 15 is 0 Å². The predicted octanol–water partition coefficient (Wildman–Crippen LogP) is 5.04. The van der Waals surface area contributed by atoms with E-state index in [4.69, 9.17) is 9.15 Å². The minimum Gasteiger partial charge on any atom is -0.467 e.